The van der Waals surface area contributed by atoms with Gasteiger partial charge in [0.2, 0.25) is 15.9 Å². The van der Waals surface area contributed by atoms with E-state index in [2.05, 4.69) is 5.32 Å². The third-order valence-corrected chi connectivity index (χ3v) is 6.68. The maximum atomic E-state index is 12.7. The van der Waals surface area contributed by atoms with E-state index in [1.165, 1.54) is 11.2 Å². The monoisotopic (exact) mass is 318 g/mol. The molecule has 2 fully saturated rings. The summed E-state index contributed by atoms with van der Waals surface area (Å²) in [5, 5.41) is 11.1. The van der Waals surface area contributed by atoms with E-state index in [0.717, 1.165) is 6.42 Å². The highest BCUT2D eigenvalue weighted by atomic mass is 32.2. The minimum Gasteiger partial charge on any atom is -0.481 e. The molecule has 0 radical (unpaired) electrons. The molecule has 0 aromatic heterocycles. The molecule has 1 heterocycles. The average molecular weight is 318 g/mol. The Morgan fingerprint density at radius 3 is 2.52 bits per heavy atom. The Hall–Kier alpha value is -1.15. The maximum absolute atomic E-state index is 12.7. The Labute approximate surface area is 124 Å². The molecule has 1 aliphatic carbocycles. The van der Waals surface area contributed by atoms with Gasteiger partial charge in [0.25, 0.3) is 0 Å². The number of sulfonamides is 1. The van der Waals surface area contributed by atoms with Crippen molar-refractivity contribution in [2.45, 2.75) is 50.3 Å². The Kier molecular flexibility index (Phi) is 4.88. The van der Waals surface area contributed by atoms with Crippen molar-refractivity contribution in [3.63, 3.8) is 0 Å². The molecule has 1 aliphatic heterocycles. The lowest BCUT2D eigenvalue weighted by Crippen LogP contribution is -2.52. The first-order valence-corrected chi connectivity index (χ1v) is 8.81. The summed E-state index contributed by atoms with van der Waals surface area (Å²) in [5.74, 6) is -2.02. The van der Waals surface area contributed by atoms with Crippen molar-refractivity contribution < 1.29 is 23.1 Å². The second-order valence-corrected chi connectivity index (χ2v) is 8.01. The third kappa shape index (κ3) is 3.55. The van der Waals surface area contributed by atoms with Crippen LogP contribution in [0.2, 0.25) is 0 Å². The predicted molar refractivity (Wildman–Crippen MR) is 76.1 cm³/mol. The number of carbonyl (C=O) groups is 2. The molecule has 120 valence electrons. The quantitative estimate of drug-likeness (QED) is 0.769. The van der Waals surface area contributed by atoms with Gasteiger partial charge in [-0.1, -0.05) is 6.42 Å². The number of aliphatic carboxylic acids is 1. The van der Waals surface area contributed by atoms with Crippen LogP contribution in [-0.4, -0.2) is 54.1 Å². The number of hydrogen-bond donors (Lipinski definition) is 2. The normalized spacial score (nSPS) is 31.0. The summed E-state index contributed by atoms with van der Waals surface area (Å²) in [5.41, 5.74) is 0. The van der Waals surface area contributed by atoms with Crippen LogP contribution in [0, 0.1) is 5.92 Å². The van der Waals surface area contributed by atoms with Crippen molar-refractivity contribution in [3.8, 4) is 0 Å². The lowest BCUT2D eigenvalue weighted by Gasteiger charge is -2.34. The molecule has 21 heavy (non-hydrogen) atoms. The largest absolute Gasteiger partial charge is 0.481 e. The fourth-order valence-corrected chi connectivity index (χ4v) is 5.62. The molecular formula is C13H22N2O5S. The van der Waals surface area contributed by atoms with Crippen LogP contribution in [0.5, 0.6) is 0 Å². The molecule has 7 nitrogen and oxygen atoms in total. The summed E-state index contributed by atoms with van der Waals surface area (Å²) >= 11 is 0. The van der Waals surface area contributed by atoms with Crippen molar-refractivity contribution in [2.24, 2.45) is 5.92 Å². The van der Waals surface area contributed by atoms with Crippen LogP contribution < -0.4 is 5.32 Å². The first kappa shape index (κ1) is 16.2. The highest BCUT2D eigenvalue weighted by Gasteiger charge is 2.45. The summed E-state index contributed by atoms with van der Waals surface area (Å²) in [4.78, 5) is 22.3. The minimum atomic E-state index is -3.62. The van der Waals surface area contributed by atoms with Gasteiger partial charge in [-0.05, 0) is 25.7 Å². The average Bonchev–Trinajstić information content (AvgIpc) is 2.88. The summed E-state index contributed by atoms with van der Waals surface area (Å²) in [6.45, 7) is 2.05. The number of carboxylic acids is 1. The number of amides is 1. The molecule has 0 spiro atoms. The van der Waals surface area contributed by atoms with Crippen LogP contribution in [0.15, 0.2) is 0 Å². The molecule has 1 amide bonds. The lowest BCUT2D eigenvalue weighted by molar-refractivity contribution is -0.141. The van der Waals surface area contributed by atoms with Gasteiger partial charge in [-0.2, -0.15) is 4.31 Å². The first-order valence-electron chi connectivity index (χ1n) is 7.31. The number of hydrogen-bond acceptors (Lipinski definition) is 4. The number of nitrogens with zero attached hydrogens (tertiary/aromatic N) is 1. The highest BCUT2D eigenvalue weighted by molar-refractivity contribution is 7.89. The van der Waals surface area contributed by atoms with Gasteiger partial charge in [-0.25, -0.2) is 8.42 Å². The molecule has 0 aromatic rings. The van der Waals surface area contributed by atoms with Crippen LogP contribution in [0.1, 0.15) is 39.0 Å². The number of carbonyl (C=O) groups excluding carboxylic acids is 1. The minimum absolute atomic E-state index is 0.177. The van der Waals surface area contributed by atoms with Gasteiger partial charge < -0.3 is 10.4 Å². The van der Waals surface area contributed by atoms with E-state index in [9.17, 15) is 23.1 Å². The van der Waals surface area contributed by atoms with E-state index in [1.807, 2.05) is 0 Å². The van der Waals surface area contributed by atoms with Crippen LogP contribution in [0.25, 0.3) is 0 Å². The predicted octanol–water partition coefficient (Wildman–Crippen LogP) is 0.170. The third-order valence-electron chi connectivity index (χ3n) is 4.30. The summed E-state index contributed by atoms with van der Waals surface area (Å²) in [6, 6.07) is -0.185. The van der Waals surface area contributed by atoms with Crippen LogP contribution in [0.4, 0.5) is 0 Å². The zero-order valence-electron chi connectivity index (χ0n) is 12.1. The SMILES string of the molecule is CC(=O)NC1CCCN(S(=O)(=O)C2CCCC2C(=O)O)C1. The van der Waals surface area contributed by atoms with Gasteiger partial charge in [-0.3, -0.25) is 9.59 Å². The van der Waals surface area contributed by atoms with Crippen LogP contribution in [0.3, 0.4) is 0 Å². The van der Waals surface area contributed by atoms with Crippen LogP contribution >= 0.6 is 0 Å². The molecule has 3 unspecified atom stereocenters. The zero-order chi connectivity index (χ0) is 15.6. The van der Waals surface area contributed by atoms with Gasteiger partial charge in [0.15, 0.2) is 0 Å². The lowest BCUT2D eigenvalue weighted by atomic mass is 10.1. The number of piperidine rings is 1. The fourth-order valence-electron chi connectivity index (χ4n) is 3.34. The molecule has 2 aliphatic rings. The highest BCUT2D eigenvalue weighted by Crippen LogP contribution is 2.34. The molecule has 0 bridgehead atoms. The summed E-state index contributed by atoms with van der Waals surface area (Å²) in [6.07, 6.45) is 2.87. The molecule has 2 N–H and O–H groups in total. The first-order chi connectivity index (χ1) is 9.82. The van der Waals surface area contributed by atoms with Gasteiger partial charge in [0, 0.05) is 26.1 Å². The Morgan fingerprint density at radius 2 is 1.90 bits per heavy atom. The molecule has 1 saturated carbocycles. The molecule has 1 saturated heterocycles. The van der Waals surface area contributed by atoms with E-state index in [1.54, 1.807) is 0 Å². The maximum Gasteiger partial charge on any atom is 0.307 e. The second-order valence-electron chi connectivity index (χ2n) is 5.86. The van der Waals surface area contributed by atoms with E-state index < -0.39 is 27.2 Å². The molecule has 0 aromatic carbocycles. The van der Waals surface area contributed by atoms with Crippen molar-refractivity contribution in [3.05, 3.63) is 0 Å². The number of carboxylic acid groups (broad SMARTS) is 1. The molecule has 3 atom stereocenters. The molecule has 2 rings (SSSR count). The topological polar surface area (TPSA) is 104 Å². The second kappa shape index (κ2) is 6.31. The van der Waals surface area contributed by atoms with E-state index >= 15 is 0 Å². The van der Waals surface area contributed by atoms with Gasteiger partial charge >= 0.3 is 5.97 Å². The van der Waals surface area contributed by atoms with Crippen molar-refractivity contribution in [1.29, 1.82) is 0 Å². The van der Waals surface area contributed by atoms with E-state index in [4.69, 9.17) is 0 Å². The summed E-state index contributed by atoms with van der Waals surface area (Å²) < 4.78 is 26.7. The van der Waals surface area contributed by atoms with Crippen LogP contribution in [-0.2, 0) is 19.6 Å². The van der Waals surface area contributed by atoms with Gasteiger partial charge in [0.05, 0.1) is 11.2 Å². The zero-order valence-corrected chi connectivity index (χ0v) is 12.9. The Balaban J connectivity index is 2.11. The Bertz CT molecular complexity index is 519. The Morgan fingerprint density at radius 1 is 1.19 bits per heavy atom. The summed E-state index contributed by atoms with van der Waals surface area (Å²) in [7, 11) is -3.62. The van der Waals surface area contributed by atoms with Crippen molar-refractivity contribution >= 4 is 21.9 Å². The van der Waals surface area contributed by atoms with Gasteiger partial charge in [-0.15, -0.1) is 0 Å². The van der Waals surface area contributed by atoms with Crippen molar-refractivity contribution in [2.75, 3.05) is 13.1 Å². The van der Waals surface area contributed by atoms with E-state index in [0.29, 0.717) is 32.2 Å². The standard InChI is InChI=1S/C13H22N2O5S/c1-9(16)14-10-4-3-7-15(8-10)21(19,20)12-6-2-5-11(12)13(17)18/h10-12H,2-8H2,1H3,(H,14,16)(H,17,18). The molecule has 8 heteroatoms. The molecular weight excluding hydrogens is 296 g/mol. The van der Waals surface area contributed by atoms with Crippen molar-refractivity contribution in [1.82, 2.24) is 9.62 Å². The van der Waals surface area contributed by atoms with Gasteiger partial charge in [0.1, 0.15) is 0 Å². The fraction of sp³-hybridized carbons (Fsp3) is 0.846. The number of rotatable bonds is 4. The van der Waals surface area contributed by atoms with E-state index in [-0.39, 0.29) is 18.5 Å². The smallest absolute Gasteiger partial charge is 0.307 e. The number of nitrogens with one attached hydrogen (secondary N) is 1.